The molecule has 31 heavy (non-hydrogen) atoms. The first-order valence-corrected chi connectivity index (χ1v) is 10.0. The summed E-state index contributed by atoms with van der Waals surface area (Å²) in [5.41, 5.74) is 4.88. The number of anilines is 1. The number of aryl methyl sites for hydroxylation is 1. The molecule has 0 fully saturated rings. The minimum absolute atomic E-state index is 0.0517. The van der Waals surface area contributed by atoms with Crippen molar-refractivity contribution in [1.82, 2.24) is 15.1 Å². The molecule has 1 aliphatic carbocycles. The summed E-state index contributed by atoms with van der Waals surface area (Å²) >= 11 is 0. The second-order valence-electron chi connectivity index (χ2n) is 7.45. The second-order valence-corrected chi connectivity index (χ2v) is 7.45. The monoisotopic (exact) mass is 412 g/mol. The number of carbonyl (C=O) groups is 2. The molecular formula is C24H20N4O3. The quantitative estimate of drug-likeness (QED) is 0.516. The number of nitrogens with one attached hydrogen (secondary N) is 2. The number of carbonyl (C=O) groups excluding carboxylic acids is 2. The molecule has 2 amide bonds. The summed E-state index contributed by atoms with van der Waals surface area (Å²) in [5, 5.41) is 10.2. The van der Waals surface area contributed by atoms with E-state index in [1.54, 1.807) is 35.3 Å². The van der Waals surface area contributed by atoms with Crippen molar-refractivity contribution in [3.8, 4) is 5.69 Å². The third kappa shape index (κ3) is 3.85. The van der Waals surface area contributed by atoms with Gasteiger partial charge in [0, 0.05) is 5.56 Å². The van der Waals surface area contributed by atoms with E-state index >= 15 is 0 Å². The molecule has 7 nitrogen and oxygen atoms in total. The Balaban J connectivity index is 1.25. The Labute approximate surface area is 178 Å². The van der Waals surface area contributed by atoms with Gasteiger partial charge in [0.15, 0.2) is 0 Å². The average Bonchev–Trinajstić information content (AvgIpc) is 3.56. The van der Waals surface area contributed by atoms with E-state index in [-0.39, 0.29) is 17.9 Å². The number of hydrogen-bond acceptors (Lipinski definition) is 4. The standard InChI is InChI=1S/C24H20N4O3/c29-23(27-22-10-7-16-3-1-2-4-21(16)22)17-5-8-20(9-6-17)28-14-19(13-25-28)26-24(30)18-11-12-31-15-18/h1-6,8-9,11-15,22H,7,10H2,(H,26,30)(H,27,29)/t22-/m0/s1. The van der Waals surface area contributed by atoms with Gasteiger partial charge in [0.2, 0.25) is 0 Å². The number of amides is 2. The minimum Gasteiger partial charge on any atom is -0.472 e. The van der Waals surface area contributed by atoms with Crippen LogP contribution < -0.4 is 10.6 Å². The van der Waals surface area contributed by atoms with Crippen LogP contribution in [0.2, 0.25) is 0 Å². The van der Waals surface area contributed by atoms with Crippen LogP contribution >= 0.6 is 0 Å². The zero-order valence-corrected chi connectivity index (χ0v) is 16.6. The Morgan fingerprint density at radius 2 is 1.84 bits per heavy atom. The lowest BCUT2D eigenvalue weighted by molar-refractivity contribution is 0.0936. The Hall–Kier alpha value is -4.13. The van der Waals surface area contributed by atoms with Crippen molar-refractivity contribution in [3.05, 3.63) is 102 Å². The summed E-state index contributed by atoms with van der Waals surface area (Å²) in [6, 6.07) is 17.1. The average molecular weight is 412 g/mol. The van der Waals surface area contributed by atoms with E-state index in [1.807, 2.05) is 24.3 Å². The van der Waals surface area contributed by atoms with Gasteiger partial charge in [-0.2, -0.15) is 5.10 Å². The first-order valence-electron chi connectivity index (χ1n) is 10.0. The molecule has 154 valence electrons. The number of rotatable bonds is 5. The fourth-order valence-corrected chi connectivity index (χ4v) is 3.84. The lowest BCUT2D eigenvalue weighted by atomic mass is 10.1. The molecule has 0 bridgehead atoms. The molecule has 2 aromatic heterocycles. The van der Waals surface area contributed by atoms with Crippen LogP contribution in [-0.4, -0.2) is 21.6 Å². The SMILES string of the molecule is O=C(Nc1cnn(-c2ccc(C(=O)N[C@H]3CCc4ccccc43)cc2)c1)c1ccoc1. The van der Waals surface area contributed by atoms with Gasteiger partial charge in [-0.3, -0.25) is 9.59 Å². The first-order chi connectivity index (χ1) is 15.2. The zero-order valence-electron chi connectivity index (χ0n) is 16.6. The van der Waals surface area contributed by atoms with Crippen molar-refractivity contribution >= 4 is 17.5 Å². The van der Waals surface area contributed by atoms with Crippen molar-refractivity contribution in [3.63, 3.8) is 0 Å². The number of furan rings is 1. The summed E-state index contributed by atoms with van der Waals surface area (Å²) < 4.78 is 6.56. The number of aromatic nitrogens is 2. The molecular weight excluding hydrogens is 392 g/mol. The Bertz CT molecular complexity index is 1230. The Morgan fingerprint density at radius 1 is 1.00 bits per heavy atom. The molecule has 1 atom stereocenters. The number of fused-ring (bicyclic) bond motifs is 1. The van der Waals surface area contributed by atoms with Gasteiger partial charge in [-0.25, -0.2) is 4.68 Å². The fraction of sp³-hybridized carbons (Fsp3) is 0.125. The Morgan fingerprint density at radius 3 is 2.65 bits per heavy atom. The van der Waals surface area contributed by atoms with Gasteiger partial charge >= 0.3 is 0 Å². The van der Waals surface area contributed by atoms with E-state index in [0.29, 0.717) is 16.8 Å². The van der Waals surface area contributed by atoms with Crippen molar-refractivity contribution < 1.29 is 14.0 Å². The molecule has 0 saturated carbocycles. The maximum atomic E-state index is 12.7. The molecule has 5 rings (SSSR count). The van der Waals surface area contributed by atoms with Crippen molar-refractivity contribution in [2.45, 2.75) is 18.9 Å². The van der Waals surface area contributed by atoms with Crippen molar-refractivity contribution in [2.75, 3.05) is 5.32 Å². The van der Waals surface area contributed by atoms with Crippen LogP contribution in [0.25, 0.3) is 5.69 Å². The van der Waals surface area contributed by atoms with Crippen LogP contribution in [0.4, 0.5) is 5.69 Å². The third-order valence-electron chi connectivity index (χ3n) is 5.46. The maximum Gasteiger partial charge on any atom is 0.259 e. The van der Waals surface area contributed by atoms with Crippen LogP contribution in [0.5, 0.6) is 0 Å². The smallest absolute Gasteiger partial charge is 0.259 e. The topological polar surface area (TPSA) is 89.2 Å². The molecule has 0 spiro atoms. The predicted molar refractivity (Wildman–Crippen MR) is 115 cm³/mol. The highest BCUT2D eigenvalue weighted by Gasteiger charge is 2.23. The molecule has 2 heterocycles. The summed E-state index contributed by atoms with van der Waals surface area (Å²) in [6.45, 7) is 0. The zero-order chi connectivity index (χ0) is 21.2. The molecule has 0 radical (unpaired) electrons. The van der Waals surface area contributed by atoms with Gasteiger partial charge in [0.1, 0.15) is 6.26 Å². The first kappa shape index (κ1) is 18.9. The molecule has 1 aliphatic rings. The van der Waals surface area contributed by atoms with Gasteiger partial charge in [0.25, 0.3) is 11.8 Å². The maximum absolute atomic E-state index is 12.7. The summed E-state index contributed by atoms with van der Waals surface area (Å²) in [7, 11) is 0. The predicted octanol–water partition coefficient (Wildman–Crippen LogP) is 4.13. The number of benzene rings is 2. The second kappa shape index (κ2) is 7.95. The van der Waals surface area contributed by atoms with E-state index in [1.165, 1.54) is 23.7 Å². The van der Waals surface area contributed by atoms with Gasteiger partial charge in [-0.05, 0) is 54.3 Å². The number of nitrogens with zero attached hydrogens (tertiary/aromatic N) is 2. The minimum atomic E-state index is -0.270. The molecule has 0 unspecified atom stereocenters. The summed E-state index contributed by atoms with van der Waals surface area (Å²) in [5.74, 6) is -0.365. The molecule has 0 saturated heterocycles. The van der Waals surface area contributed by atoms with E-state index in [4.69, 9.17) is 4.42 Å². The van der Waals surface area contributed by atoms with Gasteiger partial charge in [0.05, 0.1) is 41.6 Å². The molecule has 2 aromatic carbocycles. The van der Waals surface area contributed by atoms with Crippen molar-refractivity contribution in [1.29, 1.82) is 0 Å². The highest BCUT2D eigenvalue weighted by Crippen LogP contribution is 2.30. The van der Waals surface area contributed by atoms with E-state index < -0.39 is 0 Å². The van der Waals surface area contributed by atoms with E-state index in [9.17, 15) is 9.59 Å². The fourth-order valence-electron chi connectivity index (χ4n) is 3.84. The lowest BCUT2D eigenvalue weighted by Crippen LogP contribution is -2.27. The third-order valence-corrected chi connectivity index (χ3v) is 5.46. The number of hydrogen-bond donors (Lipinski definition) is 2. The van der Waals surface area contributed by atoms with Gasteiger partial charge in [-0.1, -0.05) is 24.3 Å². The van der Waals surface area contributed by atoms with E-state index in [0.717, 1.165) is 18.5 Å². The highest BCUT2D eigenvalue weighted by molar-refractivity contribution is 6.03. The molecule has 7 heteroatoms. The molecule has 4 aromatic rings. The normalized spacial score (nSPS) is 14.8. The van der Waals surface area contributed by atoms with Crippen molar-refractivity contribution in [2.24, 2.45) is 0 Å². The molecule has 0 aliphatic heterocycles. The van der Waals surface area contributed by atoms with E-state index in [2.05, 4.69) is 27.9 Å². The summed E-state index contributed by atoms with van der Waals surface area (Å²) in [6.07, 6.45) is 8.01. The van der Waals surface area contributed by atoms with Gasteiger partial charge in [-0.15, -0.1) is 0 Å². The molecule has 2 N–H and O–H groups in total. The largest absolute Gasteiger partial charge is 0.472 e. The van der Waals surface area contributed by atoms with Crippen LogP contribution in [0, 0.1) is 0 Å². The summed E-state index contributed by atoms with van der Waals surface area (Å²) in [4.78, 5) is 24.8. The van der Waals surface area contributed by atoms with Crippen LogP contribution in [-0.2, 0) is 6.42 Å². The lowest BCUT2D eigenvalue weighted by Gasteiger charge is -2.14. The highest BCUT2D eigenvalue weighted by atomic mass is 16.3. The van der Waals surface area contributed by atoms with Crippen LogP contribution in [0.3, 0.4) is 0 Å². The van der Waals surface area contributed by atoms with Gasteiger partial charge < -0.3 is 15.1 Å². The Kier molecular flexibility index (Phi) is 4.84. The van der Waals surface area contributed by atoms with Crippen LogP contribution in [0.15, 0.2) is 83.9 Å². The van der Waals surface area contributed by atoms with Crippen LogP contribution in [0.1, 0.15) is 44.3 Å².